The second kappa shape index (κ2) is 6.91. The van der Waals surface area contributed by atoms with E-state index in [1.54, 1.807) is 0 Å². The summed E-state index contributed by atoms with van der Waals surface area (Å²) in [4.78, 5) is 5.35. The molecule has 1 aromatic carbocycles. The third kappa shape index (κ3) is 3.85. The topological polar surface area (TPSA) is 32.5 Å². The molecule has 0 spiro atoms. The molecule has 3 nitrogen and oxygen atoms in total. The molecule has 3 heteroatoms. The third-order valence-electron chi connectivity index (χ3n) is 5.28. The lowest BCUT2D eigenvalue weighted by molar-refractivity contribution is 0.145. The van der Waals surface area contributed by atoms with Crippen LogP contribution in [0.15, 0.2) is 30.3 Å². The molecule has 2 saturated heterocycles. The Morgan fingerprint density at radius 3 is 2.52 bits per heavy atom. The molecule has 1 aromatic rings. The normalized spacial score (nSPS) is 27.0. The maximum absolute atomic E-state index is 6.02. The highest BCUT2D eigenvalue weighted by Gasteiger charge is 2.31. The zero-order chi connectivity index (χ0) is 14.7. The highest BCUT2D eigenvalue weighted by molar-refractivity contribution is 5.15. The van der Waals surface area contributed by atoms with E-state index < -0.39 is 0 Å². The summed E-state index contributed by atoms with van der Waals surface area (Å²) in [6.45, 7) is 7.27. The molecule has 0 aromatic heterocycles. The first-order valence-corrected chi connectivity index (χ1v) is 8.50. The number of nitrogens with two attached hydrogens (primary N) is 1. The molecule has 2 atom stereocenters. The highest BCUT2D eigenvalue weighted by atomic mass is 15.3. The minimum atomic E-state index is 0.441. The van der Waals surface area contributed by atoms with Crippen molar-refractivity contribution >= 4 is 0 Å². The molecular weight excluding hydrogens is 258 g/mol. The molecule has 2 unspecified atom stereocenters. The van der Waals surface area contributed by atoms with Gasteiger partial charge in [0.2, 0.25) is 0 Å². The van der Waals surface area contributed by atoms with Crippen LogP contribution in [0, 0.1) is 0 Å². The van der Waals surface area contributed by atoms with Gasteiger partial charge < -0.3 is 5.73 Å². The zero-order valence-electron chi connectivity index (χ0n) is 13.2. The predicted octanol–water partition coefficient (Wildman–Crippen LogP) is 2.12. The van der Waals surface area contributed by atoms with Crippen LogP contribution in [0.1, 0.15) is 31.7 Å². The largest absolute Gasteiger partial charge is 0.328 e. The van der Waals surface area contributed by atoms with Crippen LogP contribution < -0.4 is 5.73 Å². The van der Waals surface area contributed by atoms with Gasteiger partial charge in [-0.15, -0.1) is 0 Å². The summed E-state index contributed by atoms with van der Waals surface area (Å²) in [5, 5.41) is 0. The molecule has 2 fully saturated rings. The van der Waals surface area contributed by atoms with Crippen LogP contribution in [0.2, 0.25) is 0 Å². The van der Waals surface area contributed by atoms with E-state index in [0.717, 1.165) is 6.04 Å². The van der Waals surface area contributed by atoms with Crippen LogP contribution >= 0.6 is 0 Å². The van der Waals surface area contributed by atoms with E-state index in [1.165, 1.54) is 57.4 Å². The van der Waals surface area contributed by atoms with Gasteiger partial charge in [-0.1, -0.05) is 30.3 Å². The third-order valence-corrected chi connectivity index (χ3v) is 5.28. The summed E-state index contributed by atoms with van der Waals surface area (Å²) in [5.74, 6) is 0. The molecule has 0 radical (unpaired) electrons. The maximum atomic E-state index is 6.02. The Morgan fingerprint density at radius 1 is 1.10 bits per heavy atom. The monoisotopic (exact) mass is 287 g/mol. The van der Waals surface area contributed by atoms with Crippen molar-refractivity contribution in [3.8, 4) is 0 Å². The Kier molecular flexibility index (Phi) is 4.94. The second-order valence-corrected chi connectivity index (χ2v) is 6.85. The minimum absolute atomic E-state index is 0.441. The number of benzene rings is 1. The summed E-state index contributed by atoms with van der Waals surface area (Å²) in [6, 6.07) is 12.7. The van der Waals surface area contributed by atoms with Gasteiger partial charge in [-0.25, -0.2) is 0 Å². The fourth-order valence-corrected chi connectivity index (χ4v) is 3.84. The summed E-state index contributed by atoms with van der Waals surface area (Å²) >= 11 is 0. The number of hydrogen-bond donors (Lipinski definition) is 1. The van der Waals surface area contributed by atoms with Crippen molar-refractivity contribution in [3.05, 3.63) is 35.9 Å². The Balaban J connectivity index is 1.50. The van der Waals surface area contributed by atoms with Crippen LogP contribution in [-0.2, 0) is 6.42 Å². The van der Waals surface area contributed by atoms with E-state index in [0.29, 0.717) is 12.1 Å². The molecule has 0 bridgehead atoms. The van der Waals surface area contributed by atoms with Gasteiger partial charge in [0, 0.05) is 31.2 Å². The van der Waals surface area contributed by atoms with Crippen molar-refractivity contribution in [2.24, 2.45) is 5.73 Å². The van der Waals surface area contributed by atoms with Crippen molar-refractivity contribution in [3.63, 3.8) is 0 Å². The van der Waals surface area contributed by atoms with Gasteiger partial charge in [0.1, 0.15) is 0 Å². The van der Waals surface area contributed by atoms with Gasteiger partial charge in [0.15, 0.2) is 0 Å². The van der Waals surface area contributed by atoms with Gasteiger partial charge in [-0.05, 0) is 51.3 Å². The Hall–Kier alpha value is -0.900. The first-order valence-electron chi connectivity index (χ1n) is 8.50. The average Bonchev–Trinajstić information content (AvgIpc) is 2.99. The summed E-state index contributed by atoms with van der Waals surface area (Å²) < 4.78 is 0. The molecule has 2 N–H and O–H groups in total. The molecule has 2 heterocycles. The lowest BCUT2D eigenvalue weighted by Crippen LogP contribution is -2.46. The van der Waals surface area contributed by atoms with Crippen molar-refractivity contribution in [2.45, 2.75) is 50.7 Å². The number of piperidine rings is 1. The first-order chi connectivity index (χ1) is 10.2. The first kappa shape index (κ1) is 15.0. The minimum Gasteiger partial charge on any atom is -0.328 e. The SMILES string of the molecule is CC(Cc1ccccc1)N1CCC(N2CCC(N)CC2)C1. The molecule has 2 aliphatic heterocycles. The number of rotatable bonds is 4. The maximum Gasteiger partial charge on any atom is 0.0235 e. The van der Waals surface area contributed by atoms with Gasteiger partial charge >= 0.3 is 0 Å². The fourth-order valence-electron chi connectivity index (χ4n) is 3.84. The van der Waals surface area contributed by atoms with Crippen LogP contribution in [0.25, 0.3) is 0 Å². The van der Waals surface area contributed by atoms with E-state index in [9.17, 15) is 0 Å². The number of hydrogen-bond acceptors (Lipinski definition) is 3. The predicted molar refractivity (Wildman–Crippen MR) is 88.4 cm³/mol. The van der Waals surface area contributed by atoms with Crippen LogP contribution in [-0.4, -0.2) is 54.1 Å². The molecule has 0 saturated carbocycles. The Bertz CT molecular complexity index is 425. The van der Waals surface area contributed by atoms with Crippen LogP contribution in [0.3, 0.4) is 0 Å². The summed E-state index contributed by atoms with van der Waals surface area (Å²) in [6.07, 6.45) is 4.85. The van der Waals surface area contributed by atoms with Gasteiger partial charge in [0.25, 0.3) is 0 Å². The molecule has 3 rings (SSSR count). The van der Waals surface area contributed by atoms with Crippen molar-refractivity contribution in [1.82, 2.24) is 9.80 Å². The van der Waals surface area contributed by atoms with E-state index in [1.807, 2.05) is 0 Å². The summed E-state index contributed by atoms with van der Waals surface area (Å²) in [7, 11) is 0. The summed E-state index contributed by atoms with van der Waals surface area (Å²) in [5.41, 5.74) is 7.48. The van der Waals surface area contributed by atoms with Gasteiger partial charge in [0.05, 0.1) is 0 Å². The Morgan fingerprint density at radius 2 is 1.81 bits per heavy atom. The number of likely N-dealkylation sites (tertiary alicyclic amines) is 2. The van der Waals surface area contributed by atoms with E-state index in [2.05, 4.69) is 47.1 Å². The molecule has 2 aliphatic rings. The Labute approximate surface area is 129 Å². The molecule has 0 aliphatic carbocycles. The van der Waals surface area contributed by atoms with Gasteiger partial charge in [-0.3, -0.25) is 9.80 Å². The van der Waals surface area contributed by atoms with Gasteiger partial charge in [-0.2, -0.15) is 0 Å². The molecule has 21 heavy (non-hydrogen) atoms. The van der Waals surface area contributed by atoms with E-state index in [4.69, 9.17) is 5.73 Å². The van der Waals surface area contributed by atoms with Crippen molar-refractivity contribution in [1.29, 1.82) is 0 Å². The second-order valence-electron chi connectivity index (χ2n) is 6.85. The molecule has 0 amide bonds. The smallest absolute Gasteiger partial charge is 0.0235 e. The quantitative estimate of drug-likeness (QED) is 0.920. The van der Waals surface area contributed by atoms with Crippen LogP contribution in [0.4, 0.5) is 0 Å². The highest BCUT2D eigenvalue weighted by Crippen LogP contribution is 2.22. The fraction of sp³-hybridized carbons (Fsp3) is 0.667. The standard InChI is InChI=1S/C18H29N3/c1-15(13-16-5-3-2-4-6-16)21-12-9-18(14-21)20-10-7-17(19)8-11-20/h2-6,15,17-18H,7-14,19H2,1H3. The molecule has 116 valence electrons. The average molecular weight is 287 g/mol. The van der Waals surface area contributed by atoms with E-state index >= 15 is 0 Å². The zero-order valence-corrected chi connectivity index (χ0v) is 13.2. The molecular formula is C18H29N3. The lowest BCUT2D eigenvalue weighted by Gasteiger charge is -2.35. The number of nitrogens with zero attached hydrogens (tertiary/aromatic N) is 2. The van der Waals surface area contributed by atoms with E-state index in [-0.39, 0.29) is 0 Å². The van der Waals surface area contributed by atoms with Crippen LogP contribution in [0.5, 0.6) is 0 Å². The lowest BCUT2D eigenvalue weighted by atomic mass is 10.0. The van der Waals surface area contributed by atoms with Crippen molar-refractivity contribution < 1.29 is 0 Å². The van der Waals surface area contributed by atoms with Crippen molar-refractivity contribution in [2.75, 3.05) is 26.2 Å².